The van der Waals surface area contributed by atoms with Crippen molar-refractivity contribution in [2.24, 2.45) is 0 Å². The number of benzene rings is 1. The number of aromatic nitrogens is 1. The van der Waals surface area contributed by atoms with Crippen LogP contribution in [0.1, 0.15) is 22.3 Å². The zero-order chi connectivity index (χ0) is 21.7. The summed E-state index contributed by atoms with van der Waals surface area (Å²) in [6.45, 7) is -0.862. The van der Waals surface area contributed by atoms with Gasteiger partial charge >= 0.3 is 0 Å². The number of hydrogen-bond acceptors (Lipinski definition) is 5. The number of rotatable bonds is 6. The summed E-state index contributed by atoms with van der Waals surface area (Å²) in [6.07, 6.45) is 4.45. The molecule has 0 aliphatic carbocycles. The molecule has 156 valence electrons. The second-order valence-electron chi connectivity index (χ2n) is 6.90. The number of ether oxygens (including phenoxy) is 1. The molecule has 1 aromatic heterocycles. The number of alkyl halides is 2. The molecule has 1 atom stereocenters. The van der Waals surface area contributed by atoms with Crippen molar-refractivity contribution in [1.82, 2.24) is 15.2 Å². The molecule has 7 nitrogen and oxygen atoms in total. The Balaban J connectivity index is 1.74. The molecule has 2 amide bonds. The lowest BCUT2D eigenvalue weighted by atomic mass is 10.1. The van der Waals surface area contributed by atoms with Gasteiger partial charge in [-0.1, -0.05) is 18.2 Å². The Kier molecular flexibility index (Phi) is 6.37. The number of carbonyl (C=O) groups excluding carboxylic acids is 2. The molecule has 30 heavy (non-hydrogen) atoms. The second kappa shape index (κ2) is 8.97. The van der Waals surface area contributed by atoms with Crippen LogP contribution >= 0.6 is 0 Å². The fourth-order valence-corrected chi connectivity index (χ4v) is 3.29. The van der Waals surface area contributed by atoms with Crippen LogP contribution in [0.15, 0.2) is 36.5 Å². The molecule has 0 saturated carbocycles. The standard InChI is InChI=1S/C21H20F2N4O3/c1-30-8-2-3-14-4-5-18-17(9-14)16(6-7-25-18)20(29)26-12-19(28)27-13-21(22,23)10-15(27)11-24/h2-7,9,15H,8,10,12-13H2,1H3,(H,26,29)/b3-2+/t15-/m0/s1. The third kappa shape index (κ3) is 4.78. The summed E-state index contributed by atoms with van der Waals surface area (Å²) in [6, 6.07) is 7.44. The molecule has 0 spiro atoms. The average molecular weight is 414 g/mol. The highest BCUT2D eigenvalue weighted by Gasteiger charge is 2.47. The number of halogens is 2. The van der Waals surface area contributed by atoms with Gasteiger partial charge in [0.1, 0.15) is 6.04 Å². The number of nitriles is 1. The van der Waals surface area contributed by atoms with E-state index in [4.69, 9.17) is 10.00 Å². The van der Waals surface area contributed by atoms with Crippen molar-refractivity contribution in [3.05, 3.63) is 47.7 Å². The summed E-state index contributed by atoms with van der Waals surface area (Å²) in [7, 11) is 1.58. The summed E-state index contributed by atoms with van der Waals surface area (Å²) >= 11 is 0. The quantitative estimate of drug-likeness (QED) is 0.783. The van der Waals surface area contributed by atoms with Gasteiger partial charge in [-0.25, -0.2) is 8.78 Å². The zero-order valence-corrected chi connectivity index (χ0v) is 16.3. The van der Waals surface area contributed by atoms with Crippen molar-refractivity contribution in [3.63, 3.8) is 0 Å². The Morgan fingerprint density at radius 1 is 1.43 bits per heavy atom. The maximum Gasteiger partial charge on any atom is 0.268 e. The predicted octanol–water partition coefficient (Wildman–Crippen LogP) is 2.38. The normalized spacial score (nSPS) is 17.9. The van der Waals surface area contributed by atoms with Gasteiger partial charge in [0.25, 0.3) is 11.8 Å². The number of carbonyl (C=O) groups is 2. The molecule has 0 bridgehead atoms. The molecule has 1 aliphatic heterocycles. The summed E-state index contributed by atoms with van der Waals surface area (Å²) in [5, 5.41) is 12.1. The van der Waals surface area contributed by atoms with Gasteiger partial charge in [0.05, 0.1) is 36.8 Å². The van der Waals surface area contributed by atoms with Crippen molar-refractivity contribution in [2.75, 3.05) is 26.8 Å². The number of methoxy groups -OCH3 is 1. The van der Waals surface area contributed by atoms with Gasteiger partial charge in [-0.3, -0.25) is 14.6 Å². The predicted molar refractivity (Wildman–Crippen MR) is 106 cm³/mol. The van der Waals surface area contributed by atoms with Crippen LogP contribution in [0.2, 0.25) is 0 Å². The van der Waals surface area contributed by atoms with Crippen LogP contribution in [0, 0.1) is 11.3 Å². The van der Waals surface area contributed by atoms with E-state index in [0.717, 1.165) is 10.5 Å². The molecule has 1 fully saturated rings. The number of fused-ring (bicyclic) bond motifs is 1. The fourth-order valence-electron chi connectivity index (χ4n) is 3.29. The van der Waals surface area contributed by atoms with E-state index < -0.39 is 43.3 Å². The van der Waals surface area contributed by atoms with Crippen LogP contribution in [0.25, 0.3) is 17.0 Å². The monoisotopic (exact) mass is 414 g/mol. The first-order chi connectivity index (χ1) is 14.3. The summed E-state index contributed by atoms with van der Waals surface area (Å²) in [4.78, 5) is 30.0. The number of likely N-dealkylation sites (tertiary alicyclic amines) is 1. The van der Waals surface area contributed by atoms with Crippen molar-refractivity contribution in [3.8, 4) is 6.07 Å². The van der Waals surface area contributed by atoms with Crippen molar-refractivity contribution in [1.29, 1.82) is 5.26 Å². The van der Waals surface area contributed by atoms with E-state index in [1.165, 1.54) is 12.3 Å². The summed E-state index contributed by atoms with van der Waals surface area (Å²) in [5.74, 6) is -4.37. The average Bonchev–Trinajstić information content (AvgIpc) is 3.06. The molecule has 1 saturated heterocycles. The third-order valence-electron chi connectivity index (χ3n) is 4.72. The number of amides is 2. The van der Waals surface area contributed by atoms with E-state index in [1.54, 1.807) is 25.3 Å². The van der Waals surface area contributed by atoms with E-state index in [9.17, 15) is 18.4 Å². The molecule has 1 N–H and O–H groups in total. The lowest BCUT2D eigenvalue weighted by Gasteiger charge is -2.19. The topological polar surface area (TPSA) is 95.3 Å². The SMILES string of the molecule is COC/C=C/c1ccc2nccc(C(=O)NCC(=O)N3CC(F)(F)C[C@H]3C#N)c2c1. The lowest BCUT2D eigenvalue weighted by Crippen LogP contribution is -2.43. The Morgan fingerprint density at radius 3 is 2.97 bits per heavy atom. The number of nitrogens with zero attached hydrogens (tertiary/aromatic N) is 3. The number of nitrogens with one attached hydrogen (secondary N) is 1. The van der Waals surface area contributed by atoms with Gasteiger partial charge in [-0.05, 0) is 23.8 Å². The molecular formula is C21H20F2N4O3. The first-order valence-corrected chi connectivity index (χ1v) is 9.24. The van der Waals surface area contributed by atoms with Gasteiger partial charge in [-0.15, -0.1) is 0 Å². The second-order valence-corrected chi connectivity index (χ2v) is 6.90. The largest absolute Gasteiger partial charge is 0.381 e. The number of pyridine rings is 1. The molecular weight excluding hydrogens is 394 g/mol. The third-order valence-corrected chi connectivity index (χ3v) is 4.72. The lowest BCUT2D eigenvalue weighted by molar-refractivity contribution is -0.131. The molecule has 0 radical (unpaired) electrons. The highest BCUT2D eigenvalue weighted by atomic mass is 19.3. The van der Waals surface area contributed by atoms with Gasteiger partial charge in [0.2, 0.25) is 5.91 Å². The van der Waals surface area contributed by atoms with E-state index in [-0.39, 0.29) is 0 Å². The first kappa shape index (κ1) is 21.3. The minimum atomic E-state index is -3.10. The van der Waals surface area contributed by atoms with Gasteiger partial charge in [0, 0.05) is 25.1 Å². The van der Waals surface area contributed by atoms with E-state index in [1.807, 2.05) is 18.2 Å². The molecule has 3 rings (SSSR count). The molecule has 9 heteroatoms. The van der Waals surface area contributed by atoms with Crippen molar-refractivity contribution < 1.29 is 23.1 Å². The molecule has 1 aromatic carbocycles. The first-order valence-electron chi connectivity index (χ1n) is 9.24. The molecule has 2 heterocycles. The van der Waals surface area contributed by atoms with Crippen LogP contribution in [0.5, 0.6) is 0 Å². The highest BCUT2D eigenvalue weighted by Crippen LogP contribution is 2.31. The zero-order valence-electron chi connectivity index (χ0n) is 16.3. The minimum Gasteiger partial charge on any atom is -0.381 e. The molecule has 0 unspecified atom stereocenters. The van der Waals surface area contributed by atoms with Gasteiger partial charge in [0.15, 0.2) is 0 Å². The Morgan fingerprint density at radius 2 is 2.23 bits per heavy atom. The number of hydrogen-bond donors (Lipinski definition) is 1. The van der Waals surface area contributed by atoms with Crippen LogP contribution in [-0.4, -0.2) is 60.5 Å². The maximum atomic E-state index is 13.5. The van der Waals surface area contributed by atoms with Crippen LogP contribution in [0.4, 0.5) is 8.78 Å². The molecule has 2 aromatic rings. The van der Waals surface area contributed by atoms with Crippen LogP contribution in [-0.2, 0) is 9.53 Å². The Bertz CT molecular complexity index is 1030. The van der Waals surface area contributed by atoms with E-state index >= 15 is 0 Å². The smallest absolute Gasteiger partial charge is 0.268 e. The molecule has 1 aliphatic rings. The summed E-state index contributed by atoms with van der Waals surface area (Å²) in [5.41, 5.74) is 1.74. The fraction of sp³-hybridized carbons (Fsp3) is 0.333. The van der Waals surface area contributed by atoms with Crippen molar-refractivity contribution in [2.45, 2.75) is 18.4 Å². The van der Waals surface area contributed by atoms with Crippen LogP contribution < -0.4 is 5.32 Å². The minimum absolute atomic E-state index is 0.304. The maximum absolute atomic E-state index is 13.5. The van der Waals surface area contributed by atoms with Crippen LogP contribution in [0.3, 0.4) is 0 Å². The van der Waals surface area contributed by atoms with Gasteiger partial charge in [-0.2, -0.15) is 5.26 Å². The Hall–Kier alpha value is -3.38. The summed E-state index contributed by atoms with van der Waals surface area (Å²) < 4.78 is 32.0. The van der Waals surface area contributed by atoms with E-state index in [0.29, 0.717) is 23.1 Å². The highest BCUT2D eigenvalue weighted by molar-refractivity contribution is 6.07. The van der Waals surface area contributed by atoms with Gasteiger partial charge < -0.3 is 15.0 Å². The Labute approximate surface area is 171 Å². The van der Waals surface area contributed by atoms with E-state index in [2.05, 4.69) is 10.3 Å². The van der Waals surface area contributed by atoms with Crippen molar-refractivity contribution >= 4 is 28.8 Å².